The van der Waals surface area contributed by atoms with E-state index in [0.717, 1.165) is 11.5 Å². The Kier molecular flexibility index (Phi) is 2.49. The van der Waals surface area contributed by atoms with Gasteiger partial charge in [0.2, 0.25) is 0 Å². The van der Waals surface area contributed by atoms with Crippen LogP contribution in [0.2, 0.25) is 0 Å². The summed E-state index contributed by atoms with van der Waals surface area (Å²) in [5, 5.41) is 3.36. The molecule has 1 saturated heterocycles. The fourth-order valence-corrected chi connectivity index (χ4v) is 2.45. The molecule has 1 fully saturated rings. The normalized spacial score (nSPS) is 20.8. The third-order valence-corrected chi connectivity index (χ3v) is 3.58. The first kappa shape index (κ1) is 10.9. The van der Waals surface area contributed by atoms with Gasteiger partial charge in [0.1, 0.15) is 13.2 Å². The van der Waals surface area contributed by atoms with Gasteiger partial charge in [-0.2, -0.15) is 0 Å². The van der Waals surface area contributed by atoms with E-state index in [-0.39, 0.29) is 5.54 Å². The van der Waals surface area contributed by atoms with Gasteiger partial charge in [0.25, 0.3) is 0 Å². The first-order chi connectivity index (χ1) is 8.25. The van der Waals surface area contributed by atoms with E-state index in [4.69, 9.17) is 14.2 Å². The summed E-state index contributed by atoms with van der Waals surface area (Å²) in [6, 6.07) is 4.14. The van der Waals surface area contributed by atoms with Gasteiger partial charge in [-0.15, -0.1) is 0 Å². The maximum absolute atomic E-state index is 5.63. The summed E-state index contributed by atoms with van der Waals surface area (Å²) in [6.07, 6.45) is 0. The zero-order valence-electron chi connectivity index (χ0n) is 10.2. The van der Waals surface area contributed by atoms with Crippen LogP contribution >= 0.6 is 0 Å². The maximum Gasteiger partial charge on any atom is 0.161 e. The molecule has 0 aromatic heterocycles. The molecule has 2 aliphatic rings. The van der Waals surface area contributed by atoms with E-state index in [1.165, 1.54) is 11.1 Å². The van der Waals surface area contributed by atoms with Gasteiger partial charge in [-0.3, -0.25) is 0 Å². The molecule has 1 aromatic carbocycles. The van der Waals surface area contributed by atoms with Crippen LogP contribution in [0.15, 0.2) is 12.1 Å². The van der Waals surface area contributed by atoms with Crippen LogP contribution in [0, 0.1) is 6.92 Å². The summed E-state index contributed by atoms with van der Waals surface area (Å²) in [6.45, 7) is 4.78. The van der Waals surface area contributed by atoms with Crippen molar-refractivity contribution in [1.82, 2.24) is 5.32 Å². The molecule has 0 spiro atoms. The fraction of sp³-hybridized carbons (Fsp3) is 0.538. The number of benzene rings is 1. The van der Waals surface area contributed by atoms with Crippen molar-refractivity contribution in [1.29, 1.82) is 0 Å². The van der Waals surface area contributed by atoms with Gasteiger partial charge >= 0.3 is 0 Å². The topological polar surface area (TPSA) is 39.7 Å². The van der Waals surface area contributed by atoms with Crippen LogP contribution in [0.25, 0.3) is 0 Å². The van der Waals surface area contributed by atoms with Gasteiger partial charge in [-0.1, -0.05) is 0 Å². The second-order valence-electron chi connectivity index (χ2n) is 4.64. The summed E-state index contributed by atoms with van der Waals surface area (Å²) >= 11 is 0. The molecule has 4 heteroatoms. The lowest BCUT2D eigenvalue weighted by Gasteiger charge is -2.43. The van der Waals surface area contributed by atoms with Gasteiger partial charge in [0, 0.05) is 0 Å². The highest BCUT2D eigenvalue weighted by Gasteiger charge is 2.40. The molecule has 4 nitrogen and oxygen atoms in total. The predicted molar refractivity (Wildman–Crippen MR) is 63.7 cm³/mol. The van der Waals surface area contributed by atoms with E-state index < -0.39 is 0 Å². The molecule has 1 aromatic rings. The van der Waals surface area contributed by atoms with Crippen molar-refractivity contribution in [2.45, 2.75) is 12.5 Å². The molecule has 0 atom stereocenters. The standard InChI is InChI=1S/C13H17NO3/c1-9-5-11-12(17-4-3-16-11)6-10(9)13(14-2)7-15-8-13/h5-6,14H,3-4,7-8H2,1-2H3. The SMILES string of the molecule is CNC1(c2cc3c(cc2C)OCCO3)COC1. The molecule has 2 aliphatic heterocycles. The Hall–Kier alpha value is -1.26. The van der Waals surface area contributed by atoms with Crippen molar-refractivity contribution in [3.63, 3.8) is 0 Å². The lowest BCUT2D eigenvalue weighted by Crippen LogP contribution is -2.56. The minimum Gasteiger partial charge on any atom is -0.486 e. The fourth-order valence-electron chi connectivity index (χ4n) is 2.45. The van der Waals surface area contributed by atoms with Crippen LogP contribution in [0.4, 0.5) is 0 Å². The minimum atomic E-state index is -0.0556. The summed E-state index contributed by atoms with van der Waals surface area (Å²) in [5.41, 5.74) is 2.40. The molecule has 0 saturated carbocycles. The van der Waals surface area contributed by atoms with Gasteiger partial charge in [-0.05, 0) is 37.2 Å². The van der Waals surface area contributed by atoms with Crippen LogP contribution in [0.5, 0.6) is 11.5 Å². The molecule has 92 valence electrons. The number of fused-ring (bicyclic) bond motifs is 1. The number of hydrogen-bond donors (Lipinski definition) is 1. The van der Waals surface area contributed by atoms with E-state index >= 15 is 0 Å². The van der Waals surface area contributed by atoms with Crippen LogP contribution < -0.4 is 14.8 Å². The molecule has 3 rings (SSSR count). The zero-order valence-corrected chi connectivity index (χ0v) is 10.2. The largest absolute Gasteiger partial charge is 0.486 e. The molecule has 0 aliphatic carbocycles. The van der Waals surface area contributed by atoms with E-state index in [9.17, 15) is 0 Å². The second-order valence-corrected chi connectivity index (χ2v) is 4.64. The van der Waals surface area contributed by atoms with Crippen molar-refractivity contribution in [3.05, 3.63) is 23.3 Å². The quantitative estimate of drug-likeness (QED) is 0.836. The van der Waals surface area contributed by atoms with Crippen molar-refractivity contribution in [2.24, 2.45) is 0 Å². The van der Waals surface area contributed by atoms with E-state index in [2.05, 4.69) is 24.4 Å². The molecule has 0 bridgehead atoms. The third kappa shape index (κ3) is 1.59. The number of ether oxygens (including phenoxy) is 3. The Balaban J connectivity index is 2.05. The minimum absolute atomic E-state index is 0.0556. The Morgan fingerprint density at radius 2 is 1.76 bits per heavy atom. The second kappa shape index (κ2) is 3.89. The van der Waals surface area contributed by atoms with Gasteiger partial charge in [0.05, 0.1) is 18.8 Å². The lowest BCUT2D eigenvalue weighted by molar-refractivity contribution is -0.0752. The molecular formula is C13H17NO3. The monoisotopic (exact) mass is 235 g/mol. The number of nitrogens with one attached hydrogen (secondary N) is 1. The first-order valence-corrected chi connectivity index (χ1v) is 5.92. The Morgan fingerprint density at radius 1 is 1.12 bits per heavy atom. The highest BCUT2D eigenvalue weighted by Crippen LogP contribution is 2.39. The van der Waals surface area contributed by atoms with E-state index in [0.29, 0.717) is 26.4 Å². The van der Waals surface area contributed by atoms with Crippen LogP contribution in [-0.4, -0.2) is 33.5 Å². The summed E-state index contributed by atoms with van der Waals surface area (Å²) in [7, 11) is 1.97. The van der Waals surface area contributed by atoms with Crippen molar-refractivity contribution < 1.29 is 14.2 Å². The van der Waals surface area contributed by atoms with Crippen LogP contribution in [-0.2, 0) is 10.3 Å². The van der Waals surface area contributed by atoms with Gasteiger partial charge < -0.3 is 19.5 Å². The highest BCUT2D eigenvalue weighted by molar-refractivity contribution is 5.50. The van der Waals surface area contributed by atoms with Crippen LogP contribution in [0.1, 0.15) is 11.1 Å². The Morgan fingerprint density at radius 3 is 2.29 bits per heavy atom. The molecular weight excluding hydrogens is 218 g/mol. The number of rotatable bonds is 2. The number of likely N-dealkylation sites (N-methyl/N-ethyl adjacent to an activating group) is 1. The van der Waals surface area contributed by atoms with Gasteiger partial charge in [-0.25, -0.2) is 0 Å². The predicted octanol–water partition coefficient (Wildman–Crippen LogP) is 1.21. The molecule has 0 radical (unpaired) electrons. The third-order valence-electron chi connectivity index (χ3n) is 3.58. The van der Waals surface area contributed by atoms with Crippen molar-refractivity contribution in [3.8, 4) is 11.5 Å². The average Bonchev–Trinajstić information content (AvgIpc) is 2.29. The first-order valence-electron chi connectivity index (χ1n) is 5.92. The van der Waals surface area contributed by atoms with Gasteiger partial charge in [0.15, 0.2) is 11.5 Å². The van der Waals surface area contributed by atoms with E-state index in [1.807, 2.05) is 7.05 Å². The molecule has 2 heterocycles. The Bertz CT molecular complexity index is 435. The van der Waals surface area contributed by atoms with Crippen molar-refractivity contribution in [2.75, 3.05) is 33.5 Å². The summed E-state index contributed by atoms with van der Waals surface area (Å²) in [5.74, 6) is 1.70. The van der Waals surface area contributed by atoms with E-state index in [1.54, 1.807) is 0 Å². The smallest absolute Gasteiger partial charge is 0.161 e. The maximum atomic E-state index is 5.63. The average molecular weight is 235 g/mol. The van der Waals surface area contributed by atoms with Crippen LogP contribution in [0.3, 0.4) is 0 Å². The Labute approximate surface area is 101 Å². The zero-order chi connectivity index (χ0) is 11.9. The van der Waals surface area contributed by atoms with Crippen molar-refractivity contribution >= 4 is 0 Å². The summed E-state index contributed by atoms with van der Waals surface area (Å²) < 4.78 is 16.6. The molecule has 17 heavy (non-hydrogen) atoms. The number of hydrogen-bond acceptors (Lipinski definition) is 4. The summed E-state index contributed by atoms with van der Waals surface area (Å²) in [4.78, 5) is 0. The molecule has 0 amide bonds. The molecule has 0 unspecified atom stereocenters. The molecule has 1 N–H and O–H groups in total. The lowest BCUT2D eigenvalue weighted by atomic mass is 9.85. The number of aryl methyl sites for hydroxylation is 1. The highest BCUT2D eigenvalue weighted by atomic mass is 16.6.